The van der Waals surface area contributed by atoms with Crippen LogP contribution in [0, 0.1) is 0 Å². The second-order valence-electron chi connectivity index (χ2n) is 7.99. The SMILES string of the molecule is NC(=O)c1ccc2ccn(CCOCCC(=O)N3CCN(c4ncc(C(F)F)cn4)CC3)c2c1. The number of aromatic nitrogens is 3. The third-order valence-electron chi connectivity index (χ3n) is 5.82. The van der Waals surface area contributed by atoms with E-state index in [1.54, 1.807) is 17.0 Å². The summed E-state index contributed by atoms with van der Waals surface area (Å²) in [5.74, 6) is -0.0751. The van der Waals surface area contributed by atoms with Crippen molar-refractivity contribution in [1.29, 1.82) is 0 Å². The van der Waals surface area contributed by atoms with Crippen LogP contribution in [-0.2, 0) is 16.1 Å². The zero-order valence-corrected chi connectivity index (χ0v) is 18.6. The van der Waals surface area contributed by atoms with E-state index in [9.17, 15) is 18.4 Å². The van der Waals surface area contributed by atoms with Gasteiger partial charge in [-0.15, -0.1) is 0 Å². The van der Waals surface area contributed by atoms with E-state index in [0.717, 1.165) is 23.3 Å². The van der Waals surface area contributed by atoms with E-state index in [1.807, 2.05) is 27.8 Å². The third kappa shape index (κ3) is 5.48. The van der Waals surface area contributed by atoms with Crippen molar-refractivity contribution in [2.45, 2.75) is 19.4 Å². The summed E-state index contributed by atoms with van der Waals surface area (Å²) in [6.45, 7) is 3.42. The van der Waals surface area contributed by atoms with Crippen LogP contribution in [-0.4, -0.2) is 70.6 Å². The lowest BCUT2D eigenvalue weighted by atomic mass is 10.1. The highest BCUT2D eigenvalue weighted by atomic mass is 19.3. The lowest BCUT2D eigenvalue weighted by molar-refractivity contribution is -0.132. The maximum Gasteiger partial charge on any atom is 0.266 e. The number of benzene rings is 1. The molecule has 180 valence electrons. The Morgan fingerprint density at radius 3 is 2.47 bits per heavy atom. The molecule has 2 amide bonds. The van der Waals surface area contributed by atoms with Crippen molar-refractivity contribution < 1.29 is 23.1 Å². The predicted octanol–water partition coefficient (Wildman–Crippen LogP) is 2.22. The summed E-state index contributed by atoms with van der Waals surface area (Å²) in [4.78, 5) is 35.6. The molecule has 1 aromatic carbocycles. The molecular formula is C23H26F2N6O3. The highest BCUT2D eigenvalue weighted by Crippen LogP contribution is 2.19. The second-order valence-corrected chi connectivity index (χ2v) is 7.99. The molecule has 1 fully saturated rings. The van der Waals surface area contributed by atoms with Crippen LogP contribution in [0.25, 0.3) is 10.9 Å². The Bertz CT molecular complexity index is 1140. The molecule has 3 heterocycles. The average Bonchev–Trinajstić information content (AvgIpc) is 3.26. The molecule has 0 bridgehead atoms. The number of halogens is 2. The van der Waals surface area contributed by atoms with Gasteiger partial charge in [-0.1, -0.05) is 6.07 Å². The van der Waals surface area contributed by atoms with Crippen LogP contribution in [0.4, 0.5) is 14.7 Å². The quantitative estimate of drug-likeness (QED) is 0.479. The molecule has 34 heavy (non-hydrogen) atoms. The van der Waals surface area contributed by atoms with E-state index in [4.69, 9.17) is 10.5 Å². The molecule has 0 atom stereocenters. The number of rotatable bonds is 9. The van der Waals surface area contributed by atoms with Crippen LogP contribution in [0.3, 0.4) is 0 Å². The van der Waals surface area contributed by atoms with Gasteiger partial charge >= 0.3 is 0 Å². The minimum absolute atomic E-state index is 0.00568. The Labute approximate surface area is 195 Å². The first-order chi connectivity index (χ1) is 16.4. The predicted molar refractivity (Wildman–Crippen MR) is 122 cm³/mol. The van der Waals surface area contributed by atoms with Gasteiger partial charge in [-0.05, 0) is 23.6 Å². The fourth-order valence-corrected chi connectivity index (χ4v) is 3.88. The van der Waals surface area contributed by atoms with Crippen LogP contribution >= 0.6 is 0 Å². The molecular weight excluding hydrogens is 446 g/mol. The highest BCUT2D eigenvalue weighted by molar-refractivity contribution is 5.97. The molecule has 0 unspecified atom stereocenters. The zero-order chi connectivity index (χ0) is 24.1. The van der Waals surface area contributed by atoms with Gasteiger partial charge in [-0.2, -0.15) is 0 Å². The Hall–Kier alpha value is -3.60. The number of nitrogens with zero attached hydrogens (tertiary/aromatic N) is 5. The van der Waals surface area contributed by atoms with Gasteiger partial charge in [0.1, 0.15) is 0 Å². The summed E-state index contributed by atoms with van der Waals surface area (Å²) in [7, 11) is 0. The molecule has 11 heteroatoms. The van der Waals surface area contributed by atoms with Crippen LogP contribution in [0.5, 0.6) is 0 Å². The van der Waals surface area contributed by atoms with Crippen molar-refractivity contribution >= 4 is 28.7 Å². The van der Waals surface area contributed by atoms with Gasteiger partial charge in [0, 0.05) is 62.4 Å². The lowest BCUT2D eigenvalue weighted by Gasteiger charge is -2.34. The maximum atomic E-state index is 12.6. The third-order valence-corrected chi connectivity index (χ3v) is 5.82. The normalized spacial score (nSPS) is 14.2. The molecule has 2 N–H and O–H groups in total. The number of anilines is 1. The molecule has 1 saturated heterocycles. The maximum absolute atomic E-state index is 12.6. The largest absolute Gasteiger partial charge is 0.379 e. The summed E-state index contributed by atoms with van der Waals surface area (Å²) in [5.41, 5.74) is 6.51. The Kier molecular flexibility index (Phi) is 7.31. The molecule has 2 aromatic heterocycles. The number of ether oxygens (including phenoxy) is 1. The molecule has 0 saturated carbocycles. The number of nitrogens with two attached hydrogens (primary N) is 1. The number of alkyl halides is 2. The minimum Gasteiger partial charge on any atom is -0.379 e. The first-order valence-electron chi connectivity index (χ1n) is 11.0. The number of fused-ring (bicyclic) bond motifs is 1. The molecule has 9 nitrogen and oxygen atoms in total. The standard InChI is InChI=1S/C23H26F2N6O3/c24-21(25)18-14-27-23(28-15-18)31-8-6-30(7-9-31)20(32)4-11-34-12-10-29-5-3-16-1-2-17(22(26)33)13-19(16)29/h1-3,5,13-15,21H,4,6-12H2,(H2,26,33). The van der Waals surface area contributed by atoms with Gasteiger partial charge in [0.2, 0.25) is 17.8 Å². The van der Waals surface area contributed by atoms with E-state index in [-0.39, 0.29) is 17.9 Å². The second kappa shape index (κ2) is 10.6. The summed E-state index contributed by atoms with van der Waals surface area (Å²) in [6.07, 6.45) is 1.87. The van der Waals surface area contributed by atoms with Crippen LogP contribution in [0.1, 0.15) is 28.8 Å². The fourth-order valence-electron chi connectivity index (χ4n) is 3.88. The smallest absolute Gasteiger partial charge is 0.266 e. The summed E-state index contributed by atoms with van der Waals surface area (Å²) in [6, 6.07) is 7.28. The summed E-state index contributed by atoms with van der Waals surface area (Å²) < 4.78 is 32.9. The Morgan fingerprint density at radius 1 is 1.06 bits per heavy atom. The van der Waals surface area contributed by atoms with Gasteiger partial charge in [-0.25, -0.2) is 18.7 Å². The molecule has 4 rings (SSSR count). The number of hydrogen-bond acceptors (Lipinski definition) is 6. The van der Waals surface area contributed by atoms with E-state index in [1.165, 1.54) is 0 Å². The van der Waals surface area contributed by atoms with Crippen molar-refractivity contribution in [2.75, 3.05) is 44.3 Å². The number of carbonyl (C=O) groups is 2. The molecule has 1 aliphatic heterocycles. The number of hydrogen-bond donors (Lipinski definition) is 1. The van der Waals surface area contributed by atoms with Crippen molar-refractivity contribution in [1.82, 2.24) is 19.4 Å². The molecule has 0 aliphatic carbocycles. The molecule has 3 aromatic rings. The summed E-state index contributed by atoms with van der Waals surface area (Å²) in [5, 5.41) is 1.01. The zero-order valence-electron chi connectivity index (χ0n) is 18.6. The Morgan fingerprint density at radius 2 is 1.79 bits per heavy atom. The van der Waals surface area contributed by atoms with Gasteiger partial charge in [0.05, 0.1) is 25.2 Å². The monoisotopic (exact) mass is 472 g/mol. The first kappa shape index (κ1) is 23.6. The van der Waals surface area contributed by atoms with Gasteiger partial charge in [0.15, 0.2) is 0 Å². The minimum atomic E-state index is -2.59. The van der Waals surface area contributed by atoms with Crippen LogP contribution in [0.2, 0.25) is 0 Å². The van der Waals surface area contributed by atoms with Crippen molar-refractivity contribution in [3.05, 3.63) is 54.0 Å². The number of carbonyl (C=O) groups excluding carboxylic acids is 2. The van der Waals surface area contributed by atoms with E-state index >= 15 is 0 Å². The van der Waals surface area contributed by atoms with Crippen molar-refractivity contribution in [2.24, 2.45) is 5.73 Å². The fraction of sp³-hybridized carbons (Fsp3) is 0.391. The number of amides is 2. The van der Waals surface area contributed by atoms with E-state index in [2.05, 4.69) is 9.97 Å². The lowest BCUT2D eigenvalue weighted by Crippen LogP contribution is -2.49. The van der Waals surface area contributed by atoms with Crippen LogP contribution < -0.4 is 10.6 Å². The Balaban J connectivity index is 1.18. The molecule has 0 spiro atoms. The van der Waals surface area contributed by atoms with Crippen molar-refractivity contribution in [3.8, 4) is 0 Å². The first-order valence-corrected chi connectivity index (χ1v) is 11.0. The number of piperazine rings is 1. The van der Waals surface area contributed by atoms with Gasteiger partial charge in [-0.3, -0.25) is 9.59 Å². The number of primary amides is 1. The molecule has 1 aliphatic rings. The van der Waals surface area contributed by atoms with Gasteiger partial charge < -0.3 is 24.8 Å². The van der Waals surface area contributed by atoms with Gasteiger partial charge in [0.25, 0.3) is 6.43 Å². The highest BCUT2D eigenvalue weighted by Gasteiger charge is 2.22. The average molecular weight is 472 g/mol. The van der Waals surface area contributed by atoms with Crippen molar-refractivity contribution in [3.63, 3.8) is 0 Å². The topological polar surface area (TPSA) is 107 Å². The van der Waals surface area contributed by atoms with Crippen LogP contribution in [0.15, 0.2) is 42.9 Å². The van der Waals surface area contributed by atoms with E-state index in [0.29, 0.717) is 57.4 Å². The molecule has 0 radical (unpaired) electrons. The van der Waals surface area contributed by atoms with E-state index < -0.39 is 12.3 Å². The summed E-state index contributed by atoms with van der Waals surface area (Å²) >= 11 is 0.